The Morgan fingerprint density at radius 2 is 1.04 bits per heavy atom. The molecule has 116 valence electrons. The van der Waals surface area contributed by atoms with Crippen molar-refractivity contribution in [3.8, 4) is 5.75 Å². The molecule has 0 aliphatic carbocycles. The van der Waals surface area contributed by atoms with E-state index in [0.29, 0.717) is 5.92 Å². The average molecular weight is 302 g/mol. The first-order valence-corrected chi connectivity index (χ1v) is 8.10. The fourth-order valence-corrected chi connectivity index (χ4v) is 2.65. The lowest BCUT2D eigenvalue weighted by Gasteiger charge is -2.20. The third-order valence-electron chi connectivity index (χ3n) is 4.01. The summed E-state index contributed by atoms with van der Waals surface area (Å²) in [5.41, 5.74) is 3.64. The van der Waals surface area contributed by atoms with Gasteiger partial charge in [-0.15, -0.1) is 0 Å². The maximum Gasteiger partial charge on any atom is 0.149 e. The van der Waals surface area contributed by atoms with E-state index in [1.165, 1.54) is 5.56 Å². The molecule has 0 amide bonds. The van der Waals surface area contributed by atoms with Crippen LogP contribution in [0.2, 0.25) is 0 Å². The van der Waals surface area contributed by atoms with Crippen molar-refractivity contribution in [1.29, 1.82) is 0 Å². The molecule has 0 N–H and O–H groups in total. The van der Waals surface area contributed by atoms with E-state index in [1.807, 2.05) is 12.1 Å². The van der Waals surface area contributed by atoms with Gasteiger partial charge in [0.05, 0.1) is 0 Å². The van der Waals surface area contributed by atoms with Gasteiger partial charge >= 0.3 is 0 Å². The van der Waals surface area contributed by atoms with Crippen LogP contribution in [0.4, 0.5) is 0 Å². The molecule has 0 heterocycles. The Labute approximate surface area is 138 Å². The molecule has 3 aromatic carbocycles. The van der Waals surface area contributed by atoms with Gasteiger partial charge in [0.25, 0.3) is 0 Å². The van der Waals surface area contributed by atoms with Crippen LogP contribution in [-0.2, 0) is 0 Å². The second-order valence-corrected chi connectivity index (χ2v) is 6.04. The molecule has 23 heavy (non-hydrogen) atoms. The topological polar surface area (TPSA) is 9.23 Å². The SMILES string of the molecule is CC(C)c1ccc(OC(c2ccccc2)c2ccccc2)cc1. The van der Waals surface area contributed by atoms with E-state index in [-0.39, 0.29) is 6.10 Å². The van der Waals surface area contributed by atoms with Crippen molar-refractivity contribution in [1.82, 2.24) is 0 Å². The maximum absolute atomic E-state index is 6.32. The Bertz CT molecular complexity index is 675. The number of ether oxygens (including phenoxy) is 1. The van der Waals surface area contributed by atoms with E-state index in [0.717, 1.165) is 16.9 Å². The van der Waals surface area contributed by atoms with Crippen molar-refractivity contribution in [3.05, 3.63) is 102 Å². The van der Waals surface area contributed by atoms with E-state index >= 15 is 0 Å². The second-order valence-electron chi connectivity index (χ2n) is 6.04. The Kier molecular flexibility index (Phi) is 4.77. The first kappa shape index (κ1) is 15.4. The molecule has 1 nitrogen and oxygen atoms in total. The van der Waals surface area contributed by atoms with Gasteiger partial charge in [0.1, 0.15) is 11.9 Å². The monoisotopic (exact) mass is 302 g/mol. The number of rotatable bonds is 5. The van der Waals surface area contributed by atoms with Crippen molar-refractivity contribution >= 4 is 0 Å². The summed E-state index contributed by atoms with van der Waals surface area (Å²) in [6, 6.07) is 29.1. The third-order valence-corrected chi connectivity index (χ3v) is 4.01. The summed E-state index contributed by atoms with van der Waals surface area (Å²) in [4.78, 5) is 0. The zero-order chi connectivity index (χ0) is 16.1. The zero-order valence-corrected chi connectivity index (χ0v) is 13.6. The number of hydrogen-bond donors (Lipinski definition) is 0. The van der Waals surface area contributed by atoms with E-state index in [9.17, 15) is 0 Å². The highest BCUT2D eigenvalue weighted by Gasteiger charge is 2.15. The summed E-state index contributed by atoms with van der Waals surface area (Å²) in [6.45, 7) is 4.40. The number of benzene rings is 3. The molecule has 0 bridgehead atoms. The molecule has 0 spiro atoms. The highest BCUT2D eigenvalue weighted by Crippen LogP contribution is 2.29. The summed E-state index contributed by atoms with van der Waals surface area (Å²) in [5.74, 6) is 1.43. The molecule has 0 aliphatic rings. The fourth-order valence-electron chi connectivity index (χ4n) is 2.65. The Morgan fingerprint density at radius 3 is 1.48 bits per heavy atom. The molecule has 1 heteroatoms. The molecule has 0 saturated carbocycles. The predicted octanol–water partition coefficient (Wildman–Crippen LogP) is 5.98. The van der Waals surface area contributed by atoms with Crippen molar-refractivity contribution in [2.45, 2.75) is 25.9 Å². The molecule has 3 aromatic rings. The van der Waals surface area contributed by atoms with Gasteiger partial charge in [0.15, 0.2) is 0 Å². The Morgan fingerprint density at radius 1 is 0.565 bits per heavy atom. The predicted molar refractivity (Wildman–Crippen MR) is 95.9 cm³/mol. The van der Waals surface area contributed by atoms with Crippen LogP contribution in [0.1, 0.15) is 42.6 Å². The van der Waals surface area contributed by atoms with Crippen molar-refractivity contribution in [2.24, 2.45) is 0 Å². The van der Waals surface area contributed by atoms with Gasteiger partial charge in [0.2, 0.25) is 0 Å². The fraction of sp³-hybridized carbons (Fsp3) is 0.182. The molecule has 0 atom stereocenters. The first-order valence-electron chi connectivity index (χ1n) is 8.10. The van der Waals surface area contributed by atoms with E-state index in [4.69, 9.17) is 4.74 Å². The van der Waals surface area contributed by atoms with Crippen LogP contribution < -0.4 is 4.74 Å². The van der Waals surface area contributed by atoms with Crippen LogP contribution in [-0.4, -0.2) is 0 Å². The van der Waals surface area contributed by atoms with Crippen LogP contribution >= 0.6 is 0 Å². The molecule has 0 saturated heterocycles. The molecule has 0 aliphatic heterocycles. The smallest absolute Gasteiger partial charge is 0.149 e. The Hall–Kier alpha value is -2.54. The van der Waals surface area contributed by atoms with Crippen molar-refractivity contribution in [2.75, 3.05) is 0 Å². The minimum atomic E-state index is -0.0951. The van der Waals surface area contributed by atoms with E-state index in [1.54, 1.807) is 0 Å². The minimum absolute atomic E-state index is 0.0951. The lowest BCUT2D eigenvalue weighted by atomic mass is 10.0. The van der Waals surface area contributed by atoms with Crippen LogP contribution in [0.3, 0.4) is 0 Å². The molecule has 0 unspecified atom stereocenters. The first-order chi connectivity index (χ1) is 11.2. The standard InChI is InChI=1S/C22H22O/c1-17(2)18-13-15-21(16-14-18)23-22(19-9-5-3-6-10-19)20-11-7-4-8-12-20/h3-17,22H,1-2H3. The third kappa shape index (κ3) is 3.81. The zero-order valence-electron chi connectivity index (χ0n) is 13.6. The maximum atomic E-state index is 6.32. The van der Waals surface area contributed by atoms with Crippen LogP contribution in [0.15, 0.2) is 84.9 Å². The van der Waals surface area contributed by atoms with Gasteiger partial charge in [-0.3, -0.25) is 0 Å². The number of hydrogen-bond acceptors (Lipinski definition) is 1. The summed E-state index contributed by atoms with van der Waals surface area (Å²) in [6.07, 6.45) is -0.0951. The van der Waals surface area contributed by atoms with Gasteiger partial charge in [-0.25, -0.2) is 0 Å². The lowest BCUT2D eigenvalue weighted by Crippen LogP contribution is -2.09. The minimum Gasteiger partial charge on any atom is -0.481 e. The van der Waals surface area contributed by atoms with Crippen molar-refractivity contribution < 1.29 is 4.74 Å². The highest BCUT2D eigenvalue weighted by atomic mass is 16.5. The molecule has 3 rings (SSSR count). The molecular formula is C22H22O. The summed E-state index contributed by atoms with van der Waals surface area (Å²) in [5, 5.41) is 0. The summed E-state index contributed by atoms with van der Waals surface area (Å²) >= 11 is 0. The van der Waals surface area contributed by atoms with Gasteiger partial charge in [0, 0.05) is 0 Å². The van der Waals surface area contributed by atoms with Gasteiger partial charge in [-0.2, -0.15) is 0 Å². The van der Waals surface area contributed by atoms with Crippen LogP contribution in [0, 0.1) is 0 Å². The normalized spacial score (nSPS) is 11.0. The lowest BCUT2D eigenvalue weighted by molar-refractivity contribution is 0.247. The van der Waals surface area contributed by atoms with Gasteiger partial charge in [-0.1, -0.05) is 86.6 Å². The van der Waals surface area contributed by atoms with Crippen LogP contribution in [0.25, 0.3) is 0 Å². The molecule has 0 radical (unpaired) electrons. The molecular weight excluding hydrogens is 280 g/mol. The van der Waals surface area contributed by atoms with Crippen LogP contribution in [0.5, 0.6) is 5.75 Å². The highest BCUT2D eigenvalue weighted by molar-refractivity contribution is 5.34. The van der Waals surface area contributed by atoms with E-state index in [2.05, 4.69) is 86.6 Å². The van der Waals surface area contributed by atoms with Gasteiger partial charge in [-0.05, 0) is 34.7 Å². The molecule has 0 aromatic heterocycles. The average Bonchev–Trinajstić information content (AvgIpc) is 2.61. The van der Waals surface area contributed by atoms with Gasteiger partial charge < -0.3 is 4.74 Å². The van der Waals surface area contributed by atoms with Crippen molar-refractivity contribution in [3.63, 3.8) is 0 Å². The Balaban J connectivity index is 1.90. The largest absolute Gasteiger partial charge is 0.481 e. The second kappa shape index (κ2) is 7.15. The quantitative estimate of drug-likeness (QED) is 0.563. The van der Waals surface area contributed by atoms with E-state index < -0.39 is 0 Å². The summed E-state index contributed by atoms with van der Waals surface area (Å²) in [7, 11) is 0. The summed E-state index contributed by atoms with van der Waals surface area (Å²) < 4.78 is 6.32. The molecule has 0 fully saturated rings.